The maximum Gasteiger partial charge on any atom is 0.273 e. The summed E-state index contributed by atoms with van der Waals surface area (Å²) in [6, 6.07) is 10.5. The third-order valence-electron chi connectivity index (χ3n) is 4.11. The molecule has 3 aromatic heterocycles. The van der Waals surface area contributed by atoms with Crippen molar-refractivity contribution in [3.05, 3.63) is 47.9 Å². The number of hydrogen-bond acceptors (Lipinski definition) is 8. The van der Waals surface area contributed by atoms with E-state index in [0.717, 1.165) is 16.9 Å². The molecule has 0 radical (unpaired) electrons. The SMILES string of the molecule is CC(=O)Nc1nc(C)c(S(=O)(=O)Nc2cccc(-c3ccc4nnc(C)n4n3)c2)s1. The summed E-state index contributed by atoms with van der Waals surface area (Å²) in [6.45, 7) is 4.71. The summed E-state index contributed by atoms with van der Waals surface area (Å²) < 4.78 is 30.0. The molecule has 0 aliphatic rings. The molecule has 4 rings (SSSR count). The number of carbonyl (C=O) groups is 1. The van der Waals surface area contributed by atoms with Gasteiger partial charge in [-0.2, -0.15) is 9.61 Å². The Balaban J connectivity index is 1.64. The van der Waals surface area contributed by atoms with Crippen molar-refractivity contribution in [1.82, 2.24) is 24.8 Å². The predicted molar refractivity (Wildman–Crippen MR) is 113 cm³/mol. The van der Waals surface area contributed by atoms with Crippen molar-refractivity contribution >= 4 is 43.7 Å². The summed E-state index contributed by atoms with van der Waals surface area (Å²) in [7, 11) is -3.88. The summed E-state index contributed by atoms with van der Waals surface area (Å²) in [4.78, 5) is 15.3. The molecule has 0 fully saturated rings. The molecule has 0 atom stereocenters. The topological polar surface area (TPSA) is 131 Å². The largest absolute Gasteiger partial charge is 0.302 e. The van der Waals surface area contributed by atoms with Crippen molar-refractivity contribution in [3.8, 4) is 11.3 Å². The van der Waals surface area contributed by atoms with Gasteiger partial charge in [-0.1, -0.05) is 23.5 Å². The van der Waals surface area contributed by atoms with Gasteiger partial charge in [0.15, 0.2) is 20.8 Å². The van der Waals surface area contributed by atoms with Crippen molar-refractivity contribution in [3.63, 3.8) is 0 Å². The summed E-state index contributed by atoms with van der Waals surface area (Å²) >= 11 is 0.896. The molecule has 154 valence electrons. The Labute approximate surface area is 176 Å². The van der Waals surface area contributed by atoms with E-state index in [9.17, 15) is 13.2 Å². The molecule has 30 heavy (non-hydrogen) atoms. The van der Waals surface area contributed by atoms with Gasteiger partial charge in [0.2, 0.25) is 5.91 Å². The molecular weight excluding hydrogens is 426 g/mol. The zero-order chi connectivity index (χ0) is 21.5. The normalized spacial score (nSPS) is 11.6. The fourth-order valence-electron chi connectivity index (χ4n) is 2.83. The monoisotopic (exact) mass is 443 g/mol. The number of rotatable bonds is 5. The first-order chi connectivity index (χ1) is 14.2. The van der Waals surface area contributed by atoms with Gasteiger partial charge in [0.1, 0.15) is 0 Å². The lowest BCUT2D eigenvalue weighted by Crippen LogP contribution is -2.12. The van der Waals surface area contributed by atoms with Crippen LogP contribution < -0.4 is 10.0 Å². The van der Waals surface area contributed by atoms with E-state index in [1.165, 1.54) is 6.92 Å². The molecule has 3 heterocycles. The van der Waals surface area contributed by atoms with Crippen LogP contribution in [0.25, 0.3) is 16.9 Å². The van der Waals surface area contributed by atoms with Gasteiger partial charge in [0.05, 0.1) is 11.4 Å². The first-order valence-electron chi connectivity index (χ1n) is 8.80. The lowest BCUT2D eigenvalue weighted by molar-refractivity contribution is -0.114. The Morgan fingerprint density at radius 2 is 1.93 bits per heavy atom. The number of anilines is 2. The molecule has 1 amide bonds. The highest BCUT2D eigenvalue weighted by Crippen LogP contribution is 2.30. The number of thiazole rings is 1. The van der Waals surface area contributed by atoms with Gasteiger partial charge in [-0.25, -0.2) is 13.4 Å². The Kier molecular flexibility index (Phi) is 4.95. The molecular formula is C18H17N7O3S2. The zero-order valence-corrected chi connectivity index (χ0v) is 17.9. The Morgan fingerprint density at radius 1 is 1.13 bits per heavy atom. The van der Waals surface area contributed by atoms with E-state index in [-0.39, 0.29) is 15.2 Å². The van der Waals surface area contributed by atoms with Crippen LogP contribution >= 0.6 is 11.3 Å². The minimum absolute atomic E-state index is 0.0383. The van der Waals surface area contributed by atoms with E-state index < -0.39 is 10.0 Å². The van der Waals surface area contributed by atoms with E-state index in [4.69, 9.17) is 0 Å². The van der Waals surface area contributed by atoms with Crippen LogP contribution in [0.1, 0.15) is 18.4 Å². The number of aromatic nitrogens is 5. The zero-order valence-electron chi connectivity index (χ0n) is 16.2. The molecule has 2 N–H and O–H groups in total. The Hall–Kier alpha value is -3.38. The van der Waals surface area contributed by atoms with Crippen molar-refractivity contribution in [2.24, 2.45) is 0 Å². The van der Waals surface area contributed by atoms with Gasteiger partial charge in [-0.05, 0) is 38.1 Å². The van der Waals surface area contributed by atoms with Crippen LogP contribution in [0.3, 0.4) is 0 Å². The average molecular weight is 444 g/mol. The maximum absolute atomic E-state index is 12.9. The fourth-order valence-corrected chi connectivity index (χ4v) is 5.34. The number of nitrogens with zero attached hydrogens (tertiary/aromatic N) is 5. The first kappa shape index (κ1) is 19.9. The van der Waals surface area contributed by atoms with Gasteiger partial charge in [0, 0.05) is 18.2 Å². The standard InChI is InChI=1S/C18H17N7O3S2/c1-10-17(29-18(19-10)20-12(3)26)30(27,28)24-14-6-4-5-13(9-14)15-7-8-16-22-21-11(2)25(16)23-15/h4-9,24H,1-3H3,(H,19,20,26). The second-order valence-electron chi connectivity index (χ2n) is 6.50. The van der Waals surface area contributed by atoms with Gasteiger partial charge < -0.3 is 5.32 Å². The molecule has 0 saturated carbocycles. The highest BCUT2D eigenvalue weighted by Gasteiger charge is 2.22. The molecule has 4 aromatic rings. The van der Waals surface area contributed by atoms with Crippen LogP contribution in [-0.4, -0.2) is 39.1 Å². The van der Waals surface area contributed by atoms with Gasteiger partial charge in [-0.15, -0.1) is 10.2 Å². The van der Waals surface area contributed by atoms with Crippen LogP contribution in [0.4, 0.5) is 10.8 Å². The number of benzene rings is 1. The molecule has 10 nitrogen and oxygen atoms in total. The Morgan fingerprint density at radius 3 is 2.70 bits per heavy atom. The fraction of sp³-hybridized carbons (Fsp3) is 0.167. The highest BCUT2D eigenvalue weighted by molar-refractivity contribution is 7.94. The minimum Gasteiger partial charge on any atom is -0.302 e. The molecule has 0 spiro atoms. The van der Waals surface area contributed by atoms with Crippen molar-refractivity contribution in [1.29, 1.82) is 0 Å². The van der Waals surface area contributed by atoms with Crippen molar-refractivity contribution in [2.45, 2.75) is 25.0 Å². The number of carbonyl (C=O) groups excluding carboxylic acids is 1. The van der Waals surface area contributed by atoms with Crippen LogP contribution in [0.15, 0.2) is 40.6 Å². The number of aryl methyl sites for hydroxylation is 2. The lowest BCUT2D eigenvalue weighted by Gasteiger charge is -2.09. The number of hydrogen-bond donors (Lipinski definition) is 2. The molecule has 0 unspecified atom stereocenters. The molecule has 12 heteroatoms. The number of nitrogens with one attached hydrogen (secondary N) is 2. The summed E-state index contributed by atoms with van der Waals surface area (Å²) in [5, 5.41) is 15.2. The van der Waals surface area contributed by atoms with E-state index in [2.05, 4.69) is 30.3 Å². The van der Waals surface area contributed by atoms with E-state index in [1.54, 1.807) is 48.7 Å². The Bertz CT molecular complexity index is 1380. The quantitative estimate of drug-likeness (QED) is 0.485. The third-order valence-corrected chi connectivity index (χ3v) is 7.17. The van der Waals surface area contributed by atoms with Gasteiger partial charge >= 0.3 is 0 Å². The van der Waals surface area contributed by atoms with E-state index in [1.807, 2.05) is 6.07 Å². The molecule has 0 saturated heterocycles. The van der Waals surface area contributed by atoms with Gasteiger partial charge in [-0.3, -0.25) is 9.52 Å². The maximum atomic E-state index is 12.9. The van der Waals surface area contributed by atoms with Crippen LogP contribution in [0.2, 0.25) is 0 Å². The highest BCUT2D eigenvalue weighted by atomic mass is 32.2. The molecule has 0 aliphatic carbocycles. The first-order valence-corrected chi connectivity index (χ1v) is 11.1. The average Bonchev–Trinajstić information content (AvgIpc) is 3.24. The van der Waals surface area contributed by atoms with Crippen molar-refractivity contribution in [2.75, 3.05) is 10.0 Å². The molecule has 0 bridgehead atoms. The van der Waals surface area contributed by atoms with Crippen LogP contribution in [0, 0.1) is 13.8 Å². The summed E-state index contributed by atoms with van der Waals surface area (Å²) in [5.74, 6) is 0.334. The van der Waals surface area contributed by atoms with Crippen LogP contribution in [-0.2, 0) is 14.8 Å². The van der Waals surface area contributed by atoms with E-state index >= 15 is 0 Å². The smallest absolute Gasteiger partial charge is 0.273 e. The van der Waals surface area contributed by atoms with Crippen molar-refractivity contribution < 1.29 is 13.2 Å². The molecule has 0 aliphatic heterocycles. The third kappa shape index (κ3) is 3.86. The number of amides is 1. The molecule has 1 aromatic carbocycles. The number of fused-ring (bicyclic) bond motifs is 1. The van der Waals surface area contributed by atoms with Gasteiger partial charge in [0.25, 0.3) is 10.0 Å². The predicted octanol–water partition coefficient (Wildman–Crippen LogP) is 2.62. The number of sulfonamides is 1. The summed E-state index contributed by atoms with van der Waals surface area (Å²) in [6.07, 6.45) is 0. The minimum atomic E-state index is -3.88. The van der Waals surface area contributed by atoms with Crippen LogP contribution in [0.5, 0.6) is 0 Å². The lowest BCUT2D eigenvalue weighted by atomic mass is 10.1. The second-order valence-corrected chi connectivity index (χ2v) is 9.37. The second kappa shape index (κ2) is 7.46. The summed E-state index contributed by atoms with van der Waals surface area (Å²) in [5.41, 5.74) is 2.69. The van der Waals surface area contributed by atoms with E-state index in [0.29, 0.717) is 28.5 Å².